The number of primary amides is 1. The fourth-order valence-electron chi connectivity index (χ4n) is 2.95. The van der Waals surface area contributed by atoms with Gasteiger partial charge < -0.3 is 11.1 Å². The standard InChI is InChI=1S/C12H15N3O/c13-12(16)15-10-4-2-1-3-8(10)9-7-14-6-5-11(9)15/h1-4,9,11,14H,5-7H2,(H2,13,16)/t9-,11+/m0/s1. The van der Waals surface area contributed by atoms with Crippen LogP contribution >= 0.6 is 0 Å². The molecule has 1 aromatic rings. The Kier molecular flexibility index (Phi) is 2.11. The summed E-state index contributed by atoms with van der Waals surface area (Å²) in [5.41, 5.74) is 7.73. The molecule has 84 valence electrons. The van der Waals surface area contributed by atoms with Crippen molar-refractivity contribution in [3.05, 3.63) is 29.8 Å². The van der Waals surface area contributed by atoms with E-state index in [-0.39, 0.29) is 12.1 Å². The third-order valence-electron chi connectivity index (χ3n) is 3.61. The van der Waals surface area contributed by atoms with Crippen molar-refractivity contribution in [2.24, 2.45) is 5.73 Å². The van der Waals surface area contributed by atoms with E-state index in [2.05, 4.69) is 11.4 Å². The lowest BCUT2D eigenvalue weighted by Gasteiger charge is -2.31. The number of carbonyl (C=O) groups excluding carboxylic acids is 1. The van der Waals surface area contributed by atoms with Gasteiger partial charge in [0.2, 0.25) is 0 Å². The van der Waals surface area contributed by atoms with E-state index in [1.165, 1.54) is 5.56 Å². The van der Waals surface area contributed by atoms with Crippen LogP contribution < -0.4 is 16.0 Å². The third-order valence-corrected chi connectivity index (χ3v) is 3.61. The van der Waals surface area contributed by atoms with Crippen molar-refractivity contribution in [3.8, 4) is 0 Å². The van der Waals surface area contributed by atoms with Gasteiger partial charge in [-0.1, -0.05) is 18.2 Å². The van der Waals surface area contributed by atoms with Gasteiger partial charge in [-0.05, 0) is 24.6 Å². The second kappa shape index (κ2) is 3.49. The maximum Gasteiger partial charge on any atom is 0.319 e. The summed E-state index contributed by atoms with van der Waals surface area (Å²) in [6.45, 7) is 1.89. The lowest BCUT2D eigenvalue weighted by Crippen LogP contribution is -2.48. The monoisotopic (exact) mass is 217 g/mol. The highest BCUT2D eigenvalue weighted by molar-refractivity contribution is 5.94. The summed E-state index contributed by atoms with van der Waals surface area (Å²) in [4.78, 5) is 13.3. The van der Waals surface area contributed by atoms with Crippen LogP contribution in [-0.4, -0.2) is 25.2 Å². The molecule has 4 nitrogen and oxygen atoms in total. The van der Waals surface area contributed by atoms with Gasteiger partial charge in [-0.15, -0.1) is 0 Å². The fraction of sp³-hybridized carbons (Fsp3) is 0.417. The summed E-state index contributed by atoms with van der Waals surface area (Å²) in [7, 11) is 0. The van der Waals surface area contributed by atoms with Crippen molar-refractivity contribution in [2.75, 3.05) is 18.0 Å². The number of hydrogen-bond acceptors (Lipinski definition) is 2. The van der Waals surface area contributed by atoms with Crippen LogP contribution in [0.4, 0.5) is 10.5 Å². The van der Waals surface area contributed by atoms with Crippen LogP contribution in [0.25, 0.3) is 0 Å². The molecule has 0 radical (unpaired) electrons. The molecule has 1 fully saturated rings. The van der Waals surface area contributed by atoms with Crippen LogP contribution in [0, 0.1) is 0 Å². The number of nitrogens with zero attached hydrogens (tertiary/aromatic N) is 1. The van der Waals surface area contributed by atoms with Crippen LogP contribution in [-0.2, 0) is 0 Å². The van der Waals surface area contributed by atoms with Crippen molar-refractivity contribution in [1.29, 1.82) is 0 Å². The first kappa shape index (κ1) is 9.66. The van der Waals surface area contributed by atoms with Gasteiger partial charge in [-0.25, -0.2) is 4.79 Å². The minimum atomic E-state index is -0.332. The number of carbonyl (C=O) groups is 1. The second-order valence-corrected chi connectivity index (χ2v) is 4.43. The largest absolute Gasteiger partial charge is 0.351 e. The van der Waals surface area contributed by atoms with Crippen molar-refractivity contribution in [2.45, 2.75) is 18.4 Å². The van der Waals surface area contributed by atoms with E-state index in [0.29, 0.717) is 5.92 Å². The van der Waals surface area contributed by atoms with Gasteiger partial charge in [0.05, 0.1) is 0 Å². The Hall–Kier alpha value is -1.55. The van der Waals surface area contributed by atoms with Crippen LogP contribution in [0.15, 0.2) is 24.3 Å². The molecule has 2 heterocycles. The first-order chi connectivity index (χ1) is 7.79. The normalized spacial score (nSPS) is 27.4. The van der Waals surface area contributed by atoms with Crippen molar-refractivity contribution in [3.63, 3.8) is 0 Å². The average Bonchev–Trinajstić information content (AvgIpc) is 2.63. The lowest BCUT2D eigenvalue weighted by atomic mass is 9.90. The van der Waals surface area contributed by atoms with Crippen LogP contribution in [0.3, 0.4) is 0 Å². The third kappa shape index (κ3) is 1.23. The molecule has 16 heavy (non-hydrogen) atoms. The van der Waals surface area contributed by atoms with E-state index in [1.54, 1.807) is 4.90 Å². The predicted molar refractivity (Wildman–Crippen MR) is 62.5 cm³/mol. The first-order valence-corrected chi connectivity index (χ1v) is 5.67. The number of amides is 2. The SMILES string of the molecule is NC(=O)N1c2ccccc2[C@@H]2CNCC[C@H]21. The molecule has 2 atom stereocenters. The number of fused-ring (bicyclic) bond motifs is 3. The number of benzene rings is 1. The molecule has 1 saturated heterocycles. The van der Waals surface area contributed by atoms with Gasteiger partial charge in [0.15, 0.2) is 0 Å². The van der Waals surface area contributed by atoms with Crippen molar-refractivity contribution >= 4 is 11.7 Å². The Bertz CT molecular complexity index is 432. The van der Waals surface area contributed by atoms with Crippen LogP contribution in [0.2, 0.25) is 0 Å². The van der Waals surface area contributed by atoms with Gasteiger partial charge in [0, 0.05) is 24.2 Å². The number of rotatable bonds is 0. The zero-order valence-corrected chi connectivity index (χ0v) is 9.02. The van der Waals surface area contributed by atoms with E-state index < -0.39 is 0 Å². The Morgan fingerprint density at radius 1 is 1.44 bits per heavy atom. The number of urea groups is 1. The average molecular weight is 217 g/mol. The number of nitrogens with two attached hydrogens (primary N) is 1. The molecule has 4 heteroatoms. The van der Waals surface area contributed by atoms with E-state index in [4.69, 9.17) is 5.73 Å². The number of para-hydroxylation sites is 1. The molecule has 2 aliphatic heterocycles. The maximum absolute atomic E-state index is 11.5. The molecule has 3 N–H and O–H groups in total. The van der Waals surface area contributed by atoms with Crippen molar-refractivity contribution in [1.82, 2.24) is 5.32 Å². The summed E-state index contributed by atoms with van der Waals surface area (Å²) in [6, 6.07) is 7.98. The molecule has 3 rings (SSSR count). The molecule has 2 aliphatic rings. The molecular weight excluding hydrogens is 202 g/mol. The second-order valence-electron chi connectivity index (χ2n) is 4.43. The Balaban J connectivity index is 2.09. The first-order valence-electron chi connectivity index (χ1n) is 5.67. The van der Waals surface area contributed by atoms with Crippen LogP contribution in [0.1, 0.15) is 17.9 Å². The minimum Gasteiger partial charge on any atom is -0.351 e. The maximum atomic E-state index is 11.5. The number of anilines is 1. The topological polar surface area (TPSA) is 58.4 Å². The minimum absolute atomic E-state index is 0.246. The van der Waals surface area contributed by atoms with Gasteiger partial charge in [-0.2, -0.15) is 0 Å². The highest BCUT2D eigenvalue weighted by atomic mass is 16.2. The summed E-state index contributed by atoms with van der Waals surface area (Å²) < 4.78 is 0. The van der Waals surface area contributed by atoms with Gasteiger partial charge in [-0.3, -0.25) is 4.90 Å². The Morgan fingerprint density at radius 2 is 2.25 bits per heavy atom. The molecule has 2 amide bonds. The number of nitrogens with one attached hydrogen (secondary N) is 1. The van der Waals surface area contributed by atoms with E-state index in [9.17, 15) is 4.79 Å². The molecule has 0 unspecified atom stereocenters. The highest BCUT2D eigenvalue weighted by Crippen LogP contribution is 2.42. The Morgan fingerprint density at radius 3 is 3.06 bits per heavy atom. The van der Waals surface area contributed by atoms with E-state index >= 15 is 0 Å². The zero-order chi connectivity index (χ0) is 11.1. The van der Waals surface area contributed by atoms with Crippen LogP contribution in [0.5, 0.6) is 0 Å². The molecule has 0 spiro atoms. The molecule has 0 aliphatic carbocycles. The molecule has 1 aromatic carbocycles. The quantitative estimate of drug-likeness (QED) is 0.682. The smallest absolute Gasteiger partial charge is 0.319 e. The van der Waals surface area contributed by atoms with Gasteiger partial charge in [0.25, 0.3) is 0 Å². The van der Waals surface area contributed by atoms with E-state index in [1.807, 2.05) is 18.2 Å². The van der Waals surface area contributed by atoms with Gasteiger partial charge in [0.1, 0.15) is 0 Å². The molecule has 0 saturated carbocycles. The van der Waals surface area contributed by atoms with Crippen molar-refractivity contribution < 1.29 is 4.79 Å². The molecule has 0 bridgehead atoms. The number of hydrogen-bond donors (Lipinski definition) is 2. The summed E-state index contributed by atoms with van der Waals surface area (Å²) >= 11 is 0. The fourth-order valence-corrected chi connectivity index (χ4v) is 2.95. The highest BCUT2D eigenvalue weighted by Gasteiger charge is 2.41. The summed E-state index contributed by atoms with van der Waals surface area (Å²) in [5, 5.41) is 3.38. The number of piperidine rings is 1. The van der Waals surface area contributed by atoms with Gasteiger partial charge >= 0.3 is 6.03 Å². The molecular formula is C12H15N3O. The predicted octanol–water partition coefficient (Wildman–Crippen LogP) is 1.03. The molecule has 0 aromatic heterocycles. The zero-order valence-electron chi connectivity index (χ0n) is 9.02. The summed E-state index contributed by atoms with van der Waals surface area (Å²) in [5.74, 6) is 0.400. The lowest BCUT2D eigenvalue weighted by molar-refractivity contribution is 0.249. The summed E-state index contributed by atoms with van der Waals surface area (Å²) in [6.07, 6.45) is 0.974. The Labute approximate surface area is 94.4 Å². The van der Waals surface area contributed by atoms with E-state index in [0.717, 1.165) is 25.2 Å².